The highest BCUT2D eigenvalue weighted by Gasteiger charge is 2.14. The first-order chi connectivity index (χ1) is 5.65. The van der Waals surface area contributed by atoms with Gasteiger partial charge in [-0.05, 0) is 0 Å². The van der Waals surface area contributed by atoms with Crippen molar-refractivity contribution in [1.29, 1.82) is 0 Å². The van der Waals surface area contributed by atoms with Crippen LogP contribution in [0.2, 0.25) is 0 Å². The van der Waals surface area contributed by atoms with E-state index in [1.54, 1.807) is 0 Å². The monoisotopic (exact) mass is 177 g/mol. The van der Waals surface area contributed by atoms with Crippen LogP contribution in [0.3, 0.4) is 0 Å². The van der Waals surface area contributed by atoms with Gasteiger partial charge in [0, 0.05) is 6.07 Å². The minimum atomic E-state index is -2.85. The Morgan fingerprint density at radius 2 is 2.17 bits per heavy atom. The van der Waals surface area contributed by atoms with Crippen LogP contribution >= 0.6 is 0 Å². The van der Waals surface area contributed by atoms with Gasteiger partial charge in [-0.1, -0.05) is 0 Å². The van der Waals surface area contributed by atoms with Gasteiger partial charge in [0.15, 0.2) is 5.82 Å². The Labute approximate surface area is 67.0 Å². The molecule has 2 nitrogen and oxygen atoms in total. The molecule has 0 fully saturated rings. The second-order valence-electron chi connectivity index (χ2n) is 2.05. The van der Waals surface area contributed by atoms with E-state index in [0.29, 0.717) is 6.20 Å². The molecule has 0 aliphatic carbocycles. The molecule has 0 atom stereocenters. The van der Waals surface area contributed by atoms with Crippen molar-refractivity contribution in [2.75, 3.05) is 7.11 Å². The van der Waals surface area contributed by atoms with Gasteiger partial charge in [-0.15, -0.1) is 0 Å². The molecule has 0 unspecified atom stereocenters. The van der Waals surface area contributed by atoms with E-state index in [-0.39, 0.29) is 5.88 Å². The molecule has 0 spiro atoms. The number of aromatic nitrogens is 1. The van der Waals surface area contributed by atoms with Gasteiger partial charge in [0.2, 0.25) is 5.88 Å². The van der Waals surface area contributed by atoms with Crippen LogP contribution in [-0.2, 0) is 0 Å². The number of rotatable bonds is 2. The molecule has 0 saturated heterocycles. The Balaban J connectivity index is 3.08. The summed E-state index contributed by atoms with van der Waals surface area (Å²) >= 11 is 0. The van der Waals surface area contributed by atoms with Gasteiger partial charge < -0.3 is 4.74 Å². The third-order valence-corrected chi connectivity index (χ3v) is 1.30. The van der Waals surface area contributed by atoms with E-state index in [1.165, 1.54) is 7.11 Å². The molecule has 12 heavy (non-hydrogen) atoms. The molecule has 0 aromatic carbocycles. The molecule has 0 amide bonds. The molecule has 1 aromatic rings. The molecule has 66 valence electrons. The quantitative estimate of drug-likeness (QED) is 0.690. The SMILES string of the molecule is COc1cc(C(F)F)c(F)cn1. The number of pyridine rings is 1. The molecule has 1 rings (SSSR count). The van der Waals surface area contributed by atoms with Crippen molar-refractivity contribution in [3.8, 4) is 5.88 Å². The molecule has 0 radical (unpaired) electrons. The highest BCUT2D eigenvalue weighted by atomic mass is 19.3. The summed E-state index contributed by atoms with van der Waals surface area (Å²) in [4.78, 5) is 3.41. The fourth-order valence-corrected chi connectivity index (χ4v) is 0.713. The summed E-state index contributed by atoms with van der Waals surface area (Å²) in [5.41, 5.74) is -0.693. The van der Waals surface area contributed by atoms with Crippen molar-refractivity contribution in [3.05, 3.63) is 23.6 Å². The van der Waals surface area contributed by atoms with Crippen molar-refractivity contribution in [1.82, 2.24) is 4.98 Å². The van der Waals surface area contributed by atoms with Crippen molar-refractivity contribution in [3.63, 3.8) is 0 Å². The normalized spacial score (nSPS) is 10.4. The van der Waals surface area contributed by atoms with Crippen LogP contribution < -0.4 is 4.74 Å². The highest BCUT2D eigenvalue weighted by molar-refractivity contribution is 5.22. The van der Waals surface area contributed by atoms with Crippen molar-refractivity contribution >= 4 is 0 Å². The summed E-state index contributed by atoms with van der Waals surface area (Å²) in [5.74, 6) is -1.04. The second-order valence-corrected chi connectivity index (χ2v) is 2.05. The van der Waals surface area contributed by atoms with Crippen LogP contribution in [0, 0.1) is 5.82 Å². The van der Waals surface area contributed by atoms with E-state index in [1.807, 2.05) is 0 Å². The summed E-state index contributed by atoms with van der Waals surface area (Å²) in [6.07, 6.45) is -2.14. The third-order valence-electron chi connectivity index (χ3n) is 1.30. The van der Waals surface area contributed by atoms with Gasteiger partial charge in [0.25, 0.3) is 6.43 Å². The smallest absolute Gasteiger partial charge is 0.266 e. The number of ether oxygens (including phenoxy) is 1. The maximum Gasteiger partial charge on any atom is 0.266 e. The second kappa shape index (κ2) is 3.42. The van der Waals surface area contributed by atoms with Crippen LogP contribution in [0.25, 0.3) is 0 Å². The van der Waals surface area contributed by atoms with E-state index < -0.39 is 17.8 Å². The molecule has 0 aliphatic heterocycles. The van der Waals surface area contributed by atoms with E-state index in [9.17, 15) is 13.2 Å². The zero-order valence-electron chi connectivity index (χ0n) is 6.22. The van der Waals surface area contributed by atoms with Crippen LogP contribution in [0.1, 0.15) is 12.0 Å². The Bertz CT molecular complexity index is 277. The first kappa shape index (κ1) is 8.83. The fraction of sp³-hybridized carbons (Fsp3) is 0.286. The van der Waals surface area contributed by atoms with Gasteiger partial charge in [-0.25, -0.2) is 18.2 Å². The Morgan fingerprint density at radius 3 is 2.67 bits per heavy atom. The van der Waals surface area contributed by atoms with Gasteiger partial charge in [-0.2, -0.15) is 0 Å². The average molecular weight is 177 g/mol. The maximum absolute atomic E-state index is 12.6. The molecule has 5 heteroatoms. The van der Waals surface area contributed by atoms with Crippen molar-refractivity contribution < 1.29 is 17.9 Å². The molecular weight excluding hydrogens is 171 g/mol. The minimum Gasteiger partial charge on any atom is -0.481 e. The largest absolute Gasteiger partial charge is 0.481 e. The average Bonchev–Trinajstić information content (AvgIpc) is 2.05. The van der Waals surface area contributed by atoms with Crippen LogP contribution in [-0.4, -0.2) is 12.1 Å². The standard InChI is InChI=1S/C7H6F3NO/c1-12-6-2-4(7(9)10)5(8)3-11-6/h2-3,7H,1H3. The highest BCUT2D eigenvalue weighted by Crippen LogP contribution is 2.23. The molecular formula is C7H6F3NO. The number of methoxy groups -OCH3 is 1. The molecule has 0 saturated carbocycles. The summed E-state index contributed by atoms with van der Waals surface area (Å²) in [7, 11) is 1.27. The third kappa shape index (κ3) is 1.66. The summed E-state index contributed by atoms with van der Waals surface area (Å²) in [6, 6.07) is 0.875. The van der Waals surface area contributed by atoms with Gasteiger partial charge >= 0.3 is 0 Å². The number of alkyl halides is 2. The lowest BCUT2D eigenvalue weighted by Crippen LogP contribution is -1.95. The van der Waals surface area contributed by atoms with Crippen molar-refractivity contribution in [2.24, 2.45) is 0 Å². The van der Waals surface area contributed by atoms with E-state index in [4.69, 9.17) is 0 Å². The van der Waals surface area contributed by atoms with E-state index >= 15 is 0 Å². The zero-order chi connectivity index (χ0) is 9.14. The number of halogens is 3. The molecule has 0 bridgehead atoms. The Kier molecular flexibility index (Phi) is 2.52. The minimum absolute atomic E-state index is 0.0216. The Morgan fingerprint density at radius 1 is 1.50 bits per heavy atom. The predicted molar refractivity (Wildman–Crippen MR) is 35.7 cm³/mol. The summed E-state index contributed by atoms with van der Waals surface area (Å²) < 4.78 is 41.1. The number of hydrogen-bond donors (Lipinski definition) is 0. The van der Waals surface area contributed by atoms with Gasteiger partial charge in [0.05, 0.1) is 18.9 Å². The zero-order valence-corrected chi connectivity index (χ0v) is 6.22. The summed E-state index contributed by atoms with van der Waals surface area (Å²) in [6.45, 7) is 0. The Hall–Kier alpha value is -1.26. The fourth-order valence-electron chi connectivity index (χ4n) is 0.713. The topological polar surface area (TPSA) is 22.1 Å². The molecule has 1 heterocycles. The lowest BCUT2D eigenvalue weighted by atomic mass is 10.2. The van der Waals surface area contributed by atoms with Gasteiger partial charge in [-0.3, -0.25) is 0 Å². The summed E-state index contributed by atoms with van der Waals surface area (Å²) in [5, 5.41) is 0. The molecule has 0 N–H and O–H groups in total. The van der Waals surface area contributed by atoms with Crippen LogP contribution in [0.5, 0.6) is 5.88 Å². The van der Waals surface area contributed by atoms with Crippen molar-refractivity contribution in [2.45, 2.75) is 6.43 Å². The molecule has 1 aromatic heterocycles. The lowest BCUT2D eigenvalue weighted by Gasteiger charge is -2.03. The van der Waals surface area contributed by atoms with Gasteiger partial charge in [0.1, 0.15) is 0 Å². The first-order valence-corrected chi connectivity index (χ1v) is 3.12. The first-order valence-electron chi connectivity index (χ1n) is 3.12. The lowest BCUT2D eigenvalue weighted by molar-refractivity contribution is 0.145. The number of hydrogen-bond acceptors (Lipinski definition) is 2. The number of nitrogens with zero attached hydrogens (tertiary/aromatic N) is 1. The van der Waals surface area contributed by atoms with E-state index in [0.717, 1.165) is 6.07 Å². The maximum atomic E-state index is 12.6. The van der Waals surface area contributed by atoms with Crippen LogP contribution in [0.15, 0.2) is 12.3 Å². The predicted octanol–water partition coefficient (Wildman–Crippen LogP) is 2.17. The molecule has 0 aliphatic rings. The van der Waals surface area contributed by atoms with Crippen LogP contribution in [0.4, 0.5) is 13.2 Å². The van der Waals surface area contributed by atoms with E-state index in [2.05, 4.69) is 9.72 Å².